The average Bonchev–Trinajstić information content (AvgIpc) is 2.78. The summed E-state index contributed by atoms with van der Waals surface area (Å²) in [6, 6.07) is 15.3. The highest BCUT2D eigenvalue weighted by Gasteiger charge is 2.14. The maximum atomic E-state index is 10.2. The van der Waals surface area contributed by atoms with E-state index in [0.29, 0.717) is 28.9 Å². The third-order valence-electron chi connectivity index (χ3n) is 4.86. The van der Waals surface area contributed by atoms with E-state index in [0.717, 1.165) is 24.0 Å². The Morgan fingerprint density at radius 2 is 1.81 bits per heavy atom. The number of allylic oxidation sites excluding steroid dienone is 1. The molecule has 2 aromatic carbocycles. The molecule has 9 heteroatoms. The van der Waals surface area contributed by atoms with Crippen LogP contribution in [0.5, 0.6) is 0 Å². The van der Waals surface area contributed by atoms with Crippen LogP contribution in [-0.4, -0.2) is 35.2 Å². The van der Waals surface area contributed by atoms with Crippen molar-refractivity contribution in [1.82, 2.24) is 5.32 Å². The number of halogens is 2. The van der Waals surface area contributed by atoms with Gasteiger partial charge in [0.25, 0.3) is 0 Å². The van der Waals surface area contributed by atoms with Gasteiger partial charge < -0.3 is 16.6 Å². The molecule has 2 rings (SSSR count). The number of thioether (sulfide) groups is 1. The van der Waals surface area contributed by atoms with Gasteiger partial charge in [0, 0.05) is 5.75 Å². The van der Waals surface area contributed by atoms with Crippen molar-refractivity contribution in [3.63, 3.8) is 0 Å². The van der Waals surface area contributed by atoms with Gasteiger partial charge in [0.05, 0.1) is 15.7 Å². The van der Waals surface area contributed by atoms with E-state index in [2.05, 4.69) is 5.32 Å². The van der Waals surface area contributed by atoms with Crippen LogP contribution < -0.4 is 16.8 Å². The minimum Gasteiger partial charge on any atom is -0.397 e. The van der Waals surface area contributed by atoms with Crippen LogP contribution in [-0.2, 0) is 5.75 Å². The SMILES string of the molecule is N=C(SCc1ccccc1)C(=N)/C(N)=C\C(O)NCCC(CCN)c1ccc(Cl)c(Cl)c1. The number of nitrogens with one attached hydrogen (secondary N) is 3. The third-order valence-corrected chi connectivity index (χ3v) is 6.57. The molecule has 2 aromatic rings. The molecule has 2 unspecified atom stereocenters. The molecule has 0 saturated heterocycles. The summed E-state index contributed by atoms with van der Waals surface area (Å²) in [6.45, 7) is 1.03. The summed E-state index contributed by atoms with van der Waals surface area (Å²) >= 11 is 13.4. The first-order valence-corrected chi connectivity index (χ1v) is 11.9. The molecule has 0 saturated carbocycles. The second-order valence-electron chi connectivity index (χ2n) is 7.24. The number of rotatable bonds is 12. The van der Waals surface area contributed by atoms with E-state index >= 15 is 0 Å². The van der Waals surface area contributed by atoms with Crippen LogP contribution in [0.15, 0.2) is 60.3 Å². The molecule has 0 aliphatic rings. The summed E-state index contributed by atoms with van der Waals surface area (Å²) in [7, 11) is 0. The number of hydrogen-bond acceptors (Lipinski definition) is 7. The molecule has 0 spiro atoms. The first-order valence-electron chi connectivity index (χ1n) is 10.2. The number of hydrogen-bond donors (Lipinski definition) is 6. The van der Waals surface area contributed by atoms with E-state index in [1.807, 2.05) is 42.5 Å². The summed E-state index contributed by atoms with van der Waals surface area (Å²) in [6.07, 6.45) is 1.81. The smallest absolute Gasteiger partial charge is 0.126 e. The van der Waals surface area contributed by atoms with Gasteiger partial charge in [-0.3, -0.25) is 16.1 Å². The lowest BCUT2D eigenvalue weighted by Crippen LogP contribution is -2.31. The maximum Gasteiger partial charge on any atom is 0.126 e. The lowest BCUT2D eigenvalue weighted by atomic mass is 9.92. The van der Waals surface area contributed by atoms with Gasteiger partial charge in [-0.1, -0.05) is 59.6 Å². The first kappa shape index (κ1) is 26.4. The highest BCUT2D eigenvalue weighted by atomic mass is 35.5. The van der Waals surface area contributed by atoms with Crippen LogP contribution in [0.4, 0.5) is 0 Å². The Labute approximate surface area is 203 Å². The summed E-state index contributed by atoms with van der Waals surface area (Å²) in [5, 5.41) is 30.4. The number of nitrogens with two attached hydrogens (primary N) is 2. The molecule has 2 atom stereocenters. The zero-order valence-electron chi connectivity index (χ0n) is 17.7. The van der Waals surface area contributed by atoms with Crippen LogP contribution in [0.2, 0.25) is 10.0 Å². The molecule has 0 aliphatic carbocycles. The normalized spacial score (nSPS) is 13.6. The quantitative estimate of drug-likeness (QED) is 0.147. The molecule has 0 fully saturated rings. The van der Waals surface area contributed by atoms with Crippen LogP contribution >= 0.6 is 35.0 Å². The fourth-order valence-electron chi connectivity index (χ4n) is 3.10. The van der Waals surface area contributed by atoms with Crippen molar-refractivity contribution in [1.29, 1.82) is 10.8 Å². The molecule has 6 nitrogen and oxygen atoms in total. The van der Waals surface area contributed by atoms with Gasteiger partial charge in [-0.15, -0.1) is 11.8 Å². The van der Waals surface area contributed by atoms with Crippen molar-refractivity contribution in [3.05, 3.63) is 81.5 Å². The molecule has 0 aliphatic heterocycles. The molecule has 0 heterocycles. The van der Waals surface area contributed by atoms with Crippen molar-refractivity contribution in [2.45, 2.75) is 30.7 Å². The molecule has 32 heavy (non-hydrogen) atoms. The van der Waals surface area contributed by atoms with E-state index < -0.39 is 6.23 Å². The lowest BCUT2D eigenvalue weighted by Gasteiger charge is -2.19. The summed E-state index contributed by atoms with van der Waals surface area (Å²) in [5.74, 6) is 0.740. The second kappa shape index (κ2) is 13.6. The molecular weight excluding hydrogens is 465 g/mol. The zero-order chi connectivity index (χ0) is 23.5. The summed E-state index contributed by atoms with van der Waals surface area (Å²) < 4.78 is 0. The predicted molar refractivity (Wildman–Crippen MR) is 137 cm³/mol. The van der Waals surface area contributed by atoms with E-state index in [1.165, 1.54) is 17.8 Å². The minimum atomic E-state index is -1.03. The number of benzene rings is 2. The Hall–Kier alpha value is -1.87. The van der Waals surface area contributed by atoms with Crippen molar-refractivity contribution >= 4 is 45.7 Å². The van der Waals surface area contributed by atoms with Gasteiger partial charge in [0.2, 0.25) is 0 Å². The van der Waals surface area contributed by atoms with Gasteiger partial charge in [0.1, 0.15) is 17.0 Å². The minimum absolute atomic E-state index is 0.0532. The van der Waals surface area contributed by atoms with E-state index in [-0.39, 0.29) is 22.4 Å². The van der Waals surface area contributed by atoms with E-state index in [9.17, 15) is 5.11 Å². The van der Waals surface area contributed by atoms with Crippen molar-refractivity contribution in [3.8, 4) is 0 Å². The van der Waals surface area contributed by atoms with Gasteiger partial charge in [0.15, 0.2) is 0 Å². The molecule has 172 valence electrons. The Kier molecular flexibility index (Phi) is 11.2. The average molecular weight is 494 g/mol. The van der Waals surface area contributed by atoms with Gasteiger partial charge in [-0.2, -0.15) is 0 Å². The van der Waals surface area contributed by atoms with Gasteiger partial charge in [-0.05, 0) is 61.2 Å². The van der Waals surface area contributed by atoms with Crippen molar-refractivity contribution < 1.29 is 5.11 Å². The highest BCUT2D eigenvalue weighted by molar-refractivity contribution is 8.15. The van der Waals surface area contributed by atoms with Crippen LogP contribution in [0.1, 0.15) is 29.9 Å². The monoisotopic (exact) mass is 493 g/mol. The van der Waals surface area contributed by atoms with Gasteiger partial charge in [-0.25, -0.2) is 0 Å². The second-order valence-corrected chi connectivity index (χ2v) is 9.04. The Bertz CT molecular complexity index is 939. The van der Waals surface area contributed by atoms with Crippen molar-refractivity contribution in [2.75, 3.05) is 13.1 Å². The molecule has 8 N–H and O–H groups in total. The zero-order valence-corrected chi connectivity index (χ0v) is 20.0. The summed E-state index contributed by atoms with van der Waals surface area (Å²) in [4.78, 5) is 0. The maximum absolute atomic E-state index is 10.2. The van der Waals surface area contributed by atoms with E-state index in [1.54, 1.807) is 6.07 Å². The number of aliphatic hydroxyl groups excluding tert-OH is 1. The first-order chi connectivity index (χ1) is 15.3. The van der Waals surface area contributed by atoms with E-state index in [4.69, 9.17) is 45.5 Å². The largest absolute Gasteiger partial charge is 0.397 e. The molecular formula is C23H29Cl2N5OS. The standard InChI is InChI=1S/C23H29Cl2N5OS/c24-18-7-6-17(12-19(18)25)16(8-10-26)9-11-30-21(31)13-20(27)22(28)23(29)32-14-15-4-2-1-3-5-15/h1-7,12-13,16,21,28-31H,8-11,14,26-27H2/b20-13+,28-22?,29-23?. The predicted octanol–water partition coefficient (Wildman–Crippen LogP) is 4.50. The molecule has 0 aromatic heterocycles. The number of aliphatic hydroxyl groups is 1. The molecule has 0 amide bonds. The fourth-order valence-corrected chi connectivity index (χ4v) is 4.17. The van der Waals surface area contributed by atoms with Crippen LogP contribution in [0, 0.1) is 10.8 Å². The summed E-state index contributed by atoms with van der Waals surface area (Å²) in [5.41, 5.74) is 13.7. The van der Waals surface area contributed by atoms with Crippen LogP contribution in [0.3, 0.4) is 0 Å². The fraction of sp³-hybridized carbons (Fsp3) is 0.304. The lowest BCUT2D eigenvalue weighted by molar-refractivity contribution is 0.182. The topological polar surface area (TPSA) is 132 Å². The molecule has 0 radical (unpaired) electrons. The van der Waals surface area contributed by atoms with Crippen LogP contribution in [0.25, 0.3) is 0 Å². The Balaban J connectivity index is 1.84. The Morgan fingerprint density at radius 3 is 2.47 bits per heavy atom. The van der Waals surface area contributed by atoms with Gasteiger partial charge >= 0.3 is 0 Å². The third kappa shape index (κ3) is 8.58. The Morgan fingerprint density at radius 1 is 1.09 bits per heavy atom. The highest BCUT2D eigenvalue weighted by Crippen LogP contribution is 2.29. The molecule has 0 bridgehead atoms. The van der Waals surface area contributed by atoms with Crippen molar-refractivity contribution in [2.24, 2.45) is 11.5 Å².